The normalized spacial score (nSPS) is 11.8. The average Bonchev–Trinajstić information content (AvgIpc) is 2.10. The highest BCUT2D eigenvalue weighted by atomic mass is 32.2. The summed E-state index contributed by atoms with van der Waals surface area (Å²) in [5.74, 6) is -1.50. The van der Waals surface area contributed by atoms with Crippen LogP contribution in [-0.2, 0) is 10.0 Å². The highest BCUT2D eigenvalue weighted by Gasteiger charge is 2.17. The fourth-order valence-electron chi connectivity index (χ4n) is 0.847. The van der Waals surface area contributed by atoms with Crippen molar-refractivity contribution in [2.45, 2.75) is 19.1 Å². The predicted molar refractivity (Wildman–Crippen MR) is 54.0 cm³/mol. The van der Waals surface area contributed by atoms with Gasteiger partial charge in [-0.1, -0.05) is 0 Å². The maximum atomic E-state index is 13.1. The maximum Gasteiger partial charge on any atom is 0.235 e. The summed E-state index contributed by atoms with van der Waals surface area (Å²) in [7, 11) is -3.65. The molecule has 1 aromatic rings. The second-order valence-electron chi connectivity index (χ2n) is 3.32. The third-order valence-electron chi connectivity index (χ3n) is 1.80. The maximum absolute atomic E-state index is 13.1. The van der Waals surface area contributed by atoms with E-state index >= 15 is 0 Å². The molecule has 0 amide bonds. The van der Waals surface area contributed by atoms with Gasteiger partial charge in [0.25, 0.3) is 0 Å². The van der Waals surface area contributed by atoms with E-state index in [1.165, 1.54) is 13.8 Å². The zero-order valence-electron chi connectivity index (χ0n) is 8.29. The Hall–Kier alpha value is -1.17. The minimum absolute atomic E-state index is 0.372. The van der Waals surface area contributed by atoms with Crippen LogP contribution in [0.1, 0.15) is 13.8 Å². The lowest BCUT2D eigenvalue weighted by Crippen LogP contribution is -2.23. The van der Waals surface area contributed by atoms with E-state index in [1.807, 2.05) is 4.72 Å². The predicted octanol–water partition coefficient (Wildman–Crippen LogP) is 2.11. The third kappa shape index (κ3) is 2.89. The first-order valence-corrected chi connectivity index (χ1v) is 5.84. The molecule has 0 saturated carbocycles. The van der Waals surface area contributed by atoms with Gasteiger partial charge in [0.2, 0.25) is 10.0 Å². The molecule has 0 aromatic heterocycles. The van der Waals surface area contributed by atoms with Gasteiger partial charge in [-0.15, -0.1) is 0 Å². The summed E-state index contributed by atoms with van der Waals surface area (Å²) in [4.78, 5) is 0. The van der Waals surface area contributed by atoms with Gasteiger partial charge in [-0.05, 0) is 26.0 Å². The van der Waals surface area contributed by atoms with Gasteiger partial charge in [-0.2, -0.15) is 0 Å². The van der Waals surface area contributed by atoms with Crippen LogP contribution in [0.4, 0.5) is 14.5 Å². The van der Waals surface area contributed by atoms with Crippen molar-refractivity contribution < 1.29 is 17.2 Å². The van der Waals surface area contributed by atoms with Crippen molar-refractivity contribution in [3.8, 4) is 0 Å². The minimum Gasteiger partial charge on any atom is -0.280 e. The Morgan fingerprint density at radius 3 is 2.40 bits per heavy atom. The number of halogens is 2. The van der Waals surface area contributed by atoms with E-state index in [0.29, 0.717) is 0 Å². The lowest BCUT2D eigenvalue weighted by Gasteiger charge is -2.11. The minimum atomic E-state index is -3.65. The molecule has 15 heavy (non-hydrogen) atoms. The molecule has 0 fully saturated rings. The molecule has 1 N–H and O–H groups in total. The second kappa shape index (κ2) is 4.14. The summed E-state index contributed by atoms with van der Waals surface area (Å²) in [5, 5.41) is -0.708. The summed E-state index contributed by atoms with van der Waals surface area (Å²) in [5.41, 5.74) is -0.372. The summed E-state index contributed by atoms with van der Waals surface area (Å²) in [6, 6.07) is 2.59. The molecule has 6 heteroatoms. The number of anilines is 1. The molecule has 0 saturated heterocycles. The SMILES string of the molecule is CC(C)S(=O)(=O)Nc1cc(F)ccc1F. The van der Waals surface area contributed by atoms with Gasteiger partial charge in [0.15, 0.2) is 0 Å². The van der Waals surface area contributed by atoms with Crippen LogP contribution in [0, 0.1) is 11.6 Å². The van der Waals surface area contributed by atoms with Gasteiger partial charge in [0.1, 0.15) is 11.6 Å². The molecule has 0 aliphatic carbocycles. The van der Waals surface area contributed by atoms with Crippen molar-refractivity contribution in [1.82, 2.24) is 0 Å². The van der Waals surface area contributed by atoms with Gasteiger partial charge in [0.05, 0.1) is 10.9 Å². The summed E-state index contributed by atoms with van der Waals surface area (Å²) < 4.78 is 50.5. The monoisotopic (exact) mass is 235 g/mol. The lowest BCUT2D eigenvalue weighted by atomic mass is 10.3. The van der Waals surface area contributed by atoms with Crippen molar-refractivity contribution in [2.75, 3.05) is 4.72 Å². The zero-order chi connectivity index (χ0) is 11.6. The molecule has 0 spiro atoms. The molecule has 0 radical (unpaired) electrons. The van der Waals surface area contributed by atoms with E-state index in [0.717, 1.165) is 18.2 Å². The number of rotatable bonds is 3. The molecule has 0 heterocycles. The fraction of sp³-hybridized carbons (Fsp3) is 0.333. The standard InChI is InChI=1S/C9H11F2NO2S/c1-6(2)15(13,14)12-9-5-7(10)3-4-8(9)11/h3-6,12H,1-2H3. The van der Waals surface area contributed by atoms with Crippen LogP contribution in [-0.4, -0.2) is 13.7 Å². The fourth-order valence-corrected chi connectivity index (χ4v) is 1.55. The smallest absolute Gasteiger partial charge is 0.235 e. The molecule has 3 nitrogen and oxygen atoms in total. The van der Waals surface area contributed by atoms with Gasteiger partial charge in [0, 0.05) is 6.07 Å². The molecule has 0 atom stereocenters. The van der Waals surface area contributed by atoms with Crippen LogP contribution in [0.3, 0.4) is 0 Å². The third-order valence-corrected chi connectivity index (χ3v) is 3.55. The molecular weight excluding hydrogens is 224 g/mol. The lowest BCUT2D eigenvalue weighted by molar-refractivity contribution is 0.588. The first-order chi connectivity index (χ1) is 6.83. The molecular formula is C9H11F2NO2S. The molecule has 0 bridgehead atoms. The van der Waals surface area contributed by atoms with Crippen LogP contribution in [0.5, 0.6) is 0 Å². The number of nitrogens with one attached hydrogen (secondary N) is 1. The molecule has 84 valence electrons. The Labute approximate surface area is 87.2 Å². The van der Waals surface area contributed by atoms with Crippen molar-refractivity contribution >= 4 is 15.7 Å². The molecule has 0 unspecified atom stereocenters. The van der Waals surface area contributed by atoms with Crippen LogP contribution in [0.2, 0.25) is 0 Å². The molecule has 0 aliphatic heterocycles. The van der Waals surface area contributed by atoms with E-state index in [-0.39, 0.29) is 5.69 Å². The van der Waals surface area contributed by atoms with Gasteiger partial charge in [-0.25, -0.2) is 17.2 Å². The number of sulfonamides is 1. The van der Waals surface area contributed by atoms with Crippen LogP contribution >= 0.6 is 0 Å². The highest BCUT2D eigenvalue weighted by Crippen LogP contribution is 2.17. The van der Waals surface area contributed by atoms with Gasteiger partial charge >= 0.3 is 0 Å². The van der Waals surface area contributed by atoms with Crippen molar-refractivity contribution in [1.29, 1.82) is 0 Å². The Morgan fingerprint density at radius 1 is 1.27 bits per heavy atom. The largest absolute Gasteiger partial charge is 0.280 e. The van der Waals surface area contributed by atoms with Crippen LogP contribution in [0.15, 0.2) is 18.2 Å². The topological polar surface area (TPSA) is 46.2 Å². The Morgan fingerprint density at radius 2 is 1.87 bits per heavy atom. The summed E-state index contributed by atoms with van der Waals surface area (Å²) >= 11 is 0. The van der Waals surface area contributed by atoms with Gasteiger partial charge < -0.3 is 0 Å². The Kier molecular flexibility index (Phi) is 3.28. The van der Waals surface area contributed by atoms with Crippen LogP contribution in [0.25, 0.3) is 0 Å². The number of benzene rings is 1. The van der Waals surface area contributed by atoms with E-state index < -0.39 is 26.9 Å². The van der Waals surface area contributed by atoms with Crippen LogP contribution < -0.4 is 4.72 Å². The zero-order valence-corrected chi connectivity index (χ0v) is 9.11. The van der Waals surface area contributed by atoms with E-state index in [2.05, 4.69) is 0 Å². The number of hydrogen-bond donors (Lipinski definition) is 1. The van der Waals surface area contributed by atoms with E-state index in [1.54, 1.807) is 0 Å². The summed E-state index contributed by atoms with van der Waals surface area (Å²) in [6.45, 7) is 2.89. The first-order valence-electron chi connectivity index (χ1n) is 4.29. The molecule has 0 aliphatic rings. The number of hydrogen-bond acceptors (Lipinski definition) is 2. The van der Waals surface area contributed by atoms with Crippen molar-refractivity contribution in [3.63, 3.8) is 0 Å². The quantitative estimate of drug-likeness (QED) is 0.872. The second-order valence-corrected chi connectivity index (χ2v) is 5.56. The highest BCUT2D eigenvalue weighted by molar-refractivity contribution is 7.93. The van der Waals surface area contributed by atoms with Gasteiger partial charge in [-0.3, -0.25) is 4.72 Å². The Bertz CT molecular complexity index is 457. The van der Waals surface area contributed by atoms with Crippen molar-refractivity contribution in [3.05, 3.63) is 29.8 Å². The van der Waals surface area contributed by atoms with E-state index in [9.17, 15) is 17.2 Å². The summed E-state index contributed by atoms with van der Waals surface area (Å²) in [6.07, 6.45) is 0. The van der Waals surface area contributed by atoms with Crippen molar-refractivity contribution in [2.24, 2.45) is 0 Å². The van der Waals surface area contributed by atoms with E-state index in [4.69, 9.17) is 0 Å². The Balaban J connectivity index is 3.05. The molecule has 1 rings (SSSR count). The first kappa shape index (κ1) is 11.9. The molecule has 1 aromatic carbocycles. The average molecular weight is 235 g/mol.